The van der Waals surface area contributed by atoms with Crippen molar-refractivity contribution in [2.24, 2.45) is 0 Å². The first-order valence-electron chi connectivity index (χ1n) is 7.70. The average Bonchev–Trinajstić information content (AvgIpc) is 3.04. The Balaban J connectivity index is 1.68. The molecule has 6 nitrogen and oxygen atoms in total. The summed E-state index contributed by atoms with van der Waals surface area (Å²) in [4.78, 5) is 0. The molecule has 2 heterocycles. The molecule has 3 rings (SSSR count). The van der Waals surface area contributed by atoms with Gasteiger partial charge in [0.05, 0.1) is 18.4 Å². The van der Waals surface area contributed by atoms with Crippen LogP contribution in [-0.2, 0) is 13.1 Å². The molecule has 0 amide bonds. The first-order chi connectivity index (χ1) is 11.7. The molecule has 1 N–H and O–H groups in total. The number of anilines is 1. The van der Waals surface area contributed by atoms with E-state index in [4.69, 9.17) is 0 Å². The van der Waals surface area contributed by atoms with E-state index in [0.717, 1.165) is 23.4 Å². The molecule has 6 heteroatoms. The van der Waals surface area contributed by atoms with Crippen LogP contribution in [0.25, 0.3) is 0 Å². The third-order valence-electron chi connectivity index (χ3n) is 3.90. The highest BCUT2D eigenvalue weighted by Crippen LogP contribution is 2.17. The minimum absolute atomic E-state index is 0.511. The number of nitriles is 1. The van der Waals surface area contributed by atoms with Gasteiger partial charge in [-0.05, 0) is 25.0 Å². The normalized spacial score (nSPS) is 10.4. The molecule has 0 radical (unpaired) electrons. The molecular weight excluding hydrogens is 300 g/mol. The molecule has 120 valence electrons. The van der Waals surface area contributed by atoms with Gasteiger partial charge in [0.15, 0.2) is 5.82 Å². The highest BCUT2D eigenvalue weighted by Gasteiger charge is 2.10. The lowest BCUT2D eigenvalue weighted by molar-refractivity contribution is 0.686. The van der Waals surface area contributed by atoms with Crippen molar-refractivity contribution in [1.29, 1.82) is 5.26 Å². The zero-order chi connectivity index (χ0) is 16.9. The third-order valence-corrected chi connectivity index (χ3v) is 3.90. The molecule has 0 fully saturated rings. The summed E-state index contributed by atoms with van der Waals surface area (Å²) in [5.41, 5.74) is 4.39. The van der Waals surface area contributed by atoms with Crippen LogP contribution in [0.4, 0.5) is 5.82 Å². The summed E-state index contributed by atoms with van der Waals surface area (Å²) in [6, 6.07) is 12.4. The Morgan fingerprint density at radius 3 is 2.67 bits per heavy atom. The fourth-order valence-corrected chi connectivity index (χ4v) is 2.41. The van der Waals surface area contributed by atoms with Gasteiger partial charge in [-0.2, -0.15) is 15.5 Å². The second-order valence-corrected chi connectivity index (χ2v) is 5.63. The van der Waals surface area contributed by atoms with E-state index in [0.29, 0.717) is 17.9 Å². The number of aromatic nitrogens is 4. The van der Waals surface area contributed by atoms with E-state index in [-0.39, 0.29) is 0 Å². The first kappa shape index (κ1) is 15.7. The number of nitrogens with zero attached hydrogens (tertiary/aromatic N) is 5. The summed E-state index contributed by atoms with van der Waals surface area (Å²) in [5, 5.41) is 25.0. The maximum absolute atomic E-state index is 9.31. The molecule has 3 aromatic rings. The van der Waals surface area contributed by atoms with Crippen LogP contribution in [0.3, 0.4) is 0 Å². The monoisotopic (exact) mass is 318 g/mol. The Hall–Kier alpha value is -3.20. The summed E-state index contributed by atoms with van der Waals surface area (Å²) in [5.74, 6) is 0.511. The van der Waals surface area contributed by atoms with E-state index in [1.54, 1.807) is 0 Å². The molecule has 0 saturated heterocycles. The second-order valence-electron chi connectivity index (χ2n) is 5.63. The Bertz CT molecular complexity index is 876. The molecule has 0 unspecified atom stereocenters. The molecule has 0 saturated carbocycles. The van der Waals surface area contributed by atoms with Gasteiger partial charge in [-0.1, -0.05) is 30.3 Å². The maximum Gasteiger partial charge on any atom is 0.167 e. The van der Waals surface area contributed by atoms with Crippen molar-refractivity contribution >= 4 is 5.82 Å². The van der Waals surface area contributed by atoms with E-state index in [9.17, 15) is 5.26 Å². The van der Waals surface area contributed by atoms with Crippen molar-refractivity contribution in [3.8, 4) is 6.07 Å². The number of hydrogen-bond acceptors (Lipinski definition) is 5. The SMILES string of the molecule is Cc1nnc(NCc2cnn(Cc3ccccc3)c2)c(C#N)c1C. The van der Waals surface area contributed by atoms with Gasteiger partial charge in [0.1, 0.15) is 11.6 Å². The minimum Gasteiger partial charge on any atom is -0.363 e. The van der Waals surface area contributed by atoms with Gasteiger partial charge in [-0.3, -0.25) is 4.68 Å². The molecule has 2 aromatic heterocycles. The van der Waals surface area contributed by atoms with E-state index >= 15 is 0 Å². The van der Waals surface area contributed by atoms with Crippen LogP contribution in [0.2, 0.25) is 0 Å². The molecule has 0 aliphatic heterocycles. The lowest BCUT2D eigenvalue weighted by atomic mass is 10.1. The van der Waals surface area contributed by atoms with E-state index in [1.807, 2.05) is 49.1 Å². The van der Waals surface area contributed by atoms with Crippen molar-refractivity contribution in [2.45, 2.75) is 26.9 Å². The van der Waals surface area contributed by atoms with Crippen LogP contribution in [0.15, 0.2) is 42.7 Å². The molecular formula is C18H18N6. The molecule has 1 aromatic carbocycles. The van der Waals surface area contributed by atoms with Crippen LogP contribution in [-0.4, -0.2) is 20.0 Å². The average molecular weight is 318 g/mol. The zero-order valence-electron chi connectivity index (χ0n) is 13.7. The molecule has 0 aliphatic rings. The zero-order valence-corrected chi connectivity index (χ0v) is 13.7. The first-order valence-corrected chi connectivity index (χ1v) is 7.70. The predicted molar refractivity (Wildman–Crippen MR) is 91.3 cm³/mol. The quantitative estimate of drug-likeness (QED) is 0.782. The number of hydrogen-bond donors (Lipinski definition) is 1. The minimum atomic E-state index is 0.511. The van der Waals surface area contributed by atoms with Crippen LogP contribution < -0.4 is 5.32 Å². The largest absolute Gasteiger partial charge is 0.363 e. The standard InChI is InChI=1S/C18H18N6/c1-13-14(2)22-23-18(17(13)8-19)20-9-16-10-21-24(12-16)11-15-6-4-3-5-7-15/h3-7,10,12H,9,11H2,1-2H3,(H,20,23). The lowest BCUT2D eigenvalue weighted by Gasteiger charge is -2.08. The summed E-state index contributed by atoms with van der Waals surface area (Å²) in [7, 11) is 0. The van der Waals surface area contributed by atoms with Gasteiger partial charge < -0.3 is 5.32 Å². The van der Waals surface area contributed by atoms with Gasteiger partial charge in [0.2, 0.25) is 0 Å². The fraction of sp³-hybridized carbons (Fsp3) is 0.222. The predicted octanol–water partition coefficient (Wildman–Crippen LogP) is 2.82. The smallest absolute Gasteiger partial charge is 0.167 e. The van der Waals surface area contributed by atoms with Gasteiger partial charge in [0, 0.05) is 18.3 Å². The number of nitrogens with one attached hydrogen (secondary N) is 1. The Morgan fingerprint density at radius 1 is 1.12 bits per heavy atom. The third kappa shape index (κ3) is 3.41. The van der Waals surface area contributed by atoms with Gasteiger partial charge in [0.25, 0.3) is 0 Å². The highest BCUT2D eigenvalue weighted by atomic mass is 15.3. The van der Waals surface area contributed by atoms with Crippen LogP contribution in [0.1, 0.15) is 27.9 Å². The fourth-order valence-electron chi connectivity index (χ4n) is 2.41. The van der Waals surface area contributed by atoms with Crippen LogP contribution in [0, 0.1) is 25.2 Å². The molecule has 0 spiro atoms. The summed E-state index contributed by atoms with van der Waals surface area (Å²) < 4.78 is 1.89. The molecule has 0 atom stereocenters. The molecule has 0 aliphatic carbocycles. The van der Waals surface area contributed by atoms with E-state index in [2.05, 4.69) is 38.8 Å². The molecule has 0 bridgehead atoms. The summed E-state index contributed by atoms with van der Waals surface area (Å²) >= 11 is 0. The van der Waals surface area contributed by atoms with Crippen molar-refractivity contribution in [3.63, 3.8) is 0 Å². The summed E-state index contributed by atoms with van der Waals surface area (Å²) in [6.07, 6.45) is 3.80. The van der Waals surface area contributed by atoms with Crippen LogP contribution >= 0.6 is 0 Å². The number of aryl methyl sites for hydroxylation is 1. The number of benzene rings is 1. The number of rotatable bonds is 5. The van der Waals surface area contributed by atoms with Crippen molar-refractivity contribution in [2.75, 3.05) is 5.32 Å². The molecule has 24 heavy (non-hydrogen) atoms. The van der Waals surface area contributed by atoms with Crippen LogP contribution in [0.5, 0.6) is 0 Å². The van der Waals surface area contributed by atoms with Gasteiger partial charge >= 0.3 is 0 Å². The summed E-state index contributed by atoms with van der Waals surface area (Å²) in [6.45, 7) is 5.00. The topological polar surface area (TPSA) is 79.4 Å². The Kier molecular flexibility index (Phi) is 4.52. The van der Waals surface area contributed by atoms with Crippen molar-refractivity contribution in [3.05, 3.63) is 70.7 Å². The Morgan fingerprint density at radius 2 is 1.92 bits per heavy atom. The maximum atomic E-state index is 9.31. The van der Waals surface area contributed by atoms with Gasteiger partial charge in [-0.25, -0.2) is 0 Å². The lowest BCUT2D eigenvalue weighted by Crippen LogP contribution is -2.07. The highest BCUT2D eigenvalue weighted by molar-refractivity contribution is 5.55. The van der Waals surface area contributed by atoms with Gasteiger partial charge in [-0.15, -0.1) is 5.10 Å². The second kappa shape index (κ2) is 6.92. The van der Waals surface area contributed by atoms with Crippen molar-refractivity contribution < 1.29 is 0 Å². The van der Waals surface area contributed by atoms with E-state index < -0.39 is 0 Å². The Labute approximate surface area is 140 Å². The van der Waals surface area contributed by atoms with E-state index in [1.165, 1.54) is 5.56 Å². The van der Waals surface area contributed by atoms with Crippen molar-refractivity contribution in [1.82, 2.24) is 20.0 Å².